The third-order valence-electron chi connectivity index (χ3n) is 1.25. The first-order chi connectivity index (χ1) is 6.74. The molecule has 0 bridgehead atoms. The molecule has 1 rings (SSSR count). The Morgan fingerprint density at radius 3 is 2.79 bits per heavy atom. The van der Waals surface area contributed by atoms with Crippen molar-refractivity contribution in [3.05, 3.63) is 24.3 Å². The summed E-state index contributed by atoms with van der Waals surface area (Å²) in [7, 11) is 0. The largest absolute Gasteiger partial charge is 0.379 e. The zero-order chi connectivity index (χ0) is 10.4. The van der Waals surface area contributed by atoms with Crippen molar-refractivity contribution in [1.82, 2.24) is 15.4 Å². The molecule has 0 aliphatic heterocycles. The summed E-state index contributed by atoms with van der Waals surface area (Å²) in [6.07, 6.45) is 5.04. The van der Waals surface area contributed by atoms with Crippen LogP contribution < -0.4 is 11.2 Å². The van der Waals surface area contributed by atoms with Gasteiger partial charge in [0.15, 0.2) is 16.0 Å². The fraction of sp³-hybridized carbons (Fsp3) is 0.143. The van der Waals surface area contributed by atoms with Gasteiger partial charge in [0.2, 0.25) is 0 Å². The van der Waals surface area contributed by atoms with E-state index in [1.807, 2.05) is 6.26 Å². The molecule has 0 fully saturated rings. The molecule has 0 spiro atoms. The van der Waals surface area contributed by atoms with E-state index in [2.05, 4.69) is 20.5 Å². The summed E-state index contributed by atoms with van der Waals surface area (Å²) >= 11 is 6.25. The van der Waals surface area contributed by atoms with Crippen LogP contribution in [0.3, 0.4) is 0 Å². The minimum atomic E-state index is 0.210. The SMILES string of the molecule is CSC(=S)N/N=C(\N)c1ncccn1. The zero-order valence-corrected chi connectivity index (χ0v) is 9.10. The Labute approximate surface area is 91.2 Å². The molecule has 0 radical (unpaired) electrons. The van der Waals surface area contributed by atoms with Crippen molar-refractivity contribution in [3.63, 3.8) is 0 Å². The molecule has 0 amide bonds. The molecule has 0 aromatic carbocycles. The summed E-state index contributed by atoms with van der Waals surface area (Å²) in [6.45, 7) is 0. The molecule has 0 aliphatic carbocycles. The van der Waals surface area contributed by atoms with Gasteiger partial charge in [0.1, 0.15) is 0 Å². The van der Waals surface area contributed by atoms with Crippen LogP contribution in [0.25, 0.3) is 0 Å². The molecule has 0 aliphatic rings. The van der Waals surface area contributed by atoms with Crippen molar-refractivity contribution in [1.29, 1.82) is 0 Å². The number of hydrogen-bond acceptors (Lipinski definition) is 5. The van der Waals surface area contributed by atoms with Gasteiger partial charge in [0.25, 0.3) is 0 Å². The van der Waals surface area contributed by atoms with E-state index in [1.165, 1.54) is 11.8 Å². The summed E-state index contributed by atoms with van der Waals surface area (Å²) in [5.74, 6) is 0.589. The van der Waals surface area contributed by atoms with Crippen molar-refractivity contribution in [2.24, 2.45) is 10.8 Å². The molecule has 14 heavy (non-hydrogen) atoms. The molecule has 3 N–H and O–H groups in total. The fourth-order valence-corrected chi connectivity index (χ4v) is 0.815. The first-order valence-electron chi connectivity index (χ1n) is 3.68. The molecule has 1 aromatic heterocycles. The van der Waals surface area contributed by atoms with E-state index < -0.39 is 0 Å². The van der Waals surface area contributed by atoms with Crippen LogP contribution in [0, 0.1) is 0 Å². The number of nitrogens with two attached hydrogens (primary N) is 1. The number of nitrogens with zero attached hydrogens (tertiary/aromatic N) is 3. The highest BCUT2D eigenvalue weighted by Gasteiger charge is 1.99. The number of hydrogen-bond donors (Lipinski definition) is 2. The molecular formula is C7H9N5S2. The third-order valence-corrected chi connectivity index (χ3v) is 2.30. The monoisotopic (exact) mass is 227 g/mol. The van der Waals surface area contributed by atoms with E-state index in [0.717, 1.165) is 0 Å². The van der Waals surface area contributed by atoms with Crippen molar-refractivity contribution in [2.45, 2.75) is 0 Å². The topological polar surface area (TPSA) is 76.2 Å². The van der Waals surface area contributed by atoms with Gasteiger partial charge in [-0.1, -0.05) is 24.0 Å². The van der Waals surface area contributed by atoms with Crippen LogP contribution in [0.4, 0.5) is 0 Å². The quantitative estimate of drug-likeness (QED) is 0.328. The van der Waals surface area contributed by atoms with E-state index in [9.17, 15) is 0 Å². The Morgan fingerprint density at radius 2 is 2.21 bits per heavy atom. The summed E-state index contributed by atoms with van der Waals surface area (Å²) < 4.78 is 0.545. The number of rotatable bonds is 2. The first-order valence-corrected chi connectivity index (χ1v) is 5.32. The standard InChI is InChI=1S/C7H9N5S2/c1-14-7(13)12-11-5(8)6-9-3-2-4-10-6/h2-4H,1H3,(H2,8,11)(H,12,13). The number of amidine groups is 1. The third kappa shape index (κ3) is 3.27. The second-order valence-corrected chi connectivity index (χ2v) is 3.66. The normalized spacial score (nSPS) is 11.1. The molecule has 5 nitrogen and oxygen atoms in total. The zero-order valence-electron chi connectivity index (χ0n) is 7.47. The fourth-order valence-electron chi connectivity index (χ4n) is 0.633. The first kappa shape index (κ1) is 10.9. The second kappa shape index (κ2) is 5.51. The van der Waals surface area contributed by atoms with E-state index in [1.54, 1.807) is 18.5 Å². The lowest BCUT2D eigenvalue weighted by Crippen LogP contribution is -2.22. The van der Waals surface area contributed by atoms with Gasteiger partial charge < -0.3 is 5.73 Å². The smallest absolute Gasteiger partial charge is 0.196 e. The van der Waals surface area contributed by atoms with Gasteiger partial charge in [-0.2, -0.15) is 5.10 Å². The molecule has 74 valence electrons. The highest BCUT2D eigenvalue weighted by Crippen LogP contribution is 1.93. The second-order valence-electron chi connectivity index (χ2n) is 2.17. The van der Waals surface area contributed by atoms with Crippen molar-refractivity contribution in [3.8, 4) is 0 Å². The van der Waals surface area contributed by atoms with Gasteiger partial charge in [-0.15, -0.1) is 0 Å². The van der Waals surface area contributed by atoms with Gasteiger partial charge >= 0.3 is 0 Å². The van der Waals surface area contributed by atoms with Crippen LogP contribution >= 0.6 is 24.0 Å². The van der Waals surface area contributed by atoms with Gasteiger partial charge in [0, 0.05) is 12.4 Å². The van der Waals surface area contributed by atoms with E-state index in [-0.39, 0.29) is 5.84 Å². The van der Waals surface area contributed by atoms with E-state index >= 15 is 0 Å². The minimum absolute atomic E-state index is 0.210. The van der Waals surface area contributed by atoms with Crippen molar-refractivity contribution >= 4 is 34.1 Å². The molecule has 1 heterocycles. The lowest BCUT2D eigenvalue weighted by atomic mass is 10.5. The molecule has 1 aromatic rings. The lowest BCUT2D eigenvalue weighted by Gasteiger charge is -2.00. The maximum atomic E-state index is 5.59. The van der Waals surface area contributed by atoms with Crippen molar-refractivity contribution in [2.75, 3.05) is 6.26 Å². The van der Waals surface area contributed by atoms with Gasteiger partial charge in [0.05, 0.1) is 0 Å². The highest BCUT2D eigenvalue weighted by atomic mass is 32.2. The predicted octanol–water partition coefficient (Wildman–Crippen LogP) is 0.334. The molecule has 0 saturated heterocycles. The maximum absolute atomic E-state index is 5.59. The summed E-state index contributed by atoms with van der Waals surface area (Å²) in [5.41, 5.74) is 8.20. The van der Waals surface area contributed by atoms with Crippen LogP contribution in [0.5, 0.6) is 0 Å². The van der Waals surface area contributed by atoms with Crippen LogP contribution in [0.2, 0.25) is 0 Å². The van der Waals surface area contributed by atoms with E-state index in [4.69, 9.17) is 18.0 Å². The summed E-state index contributed by atoms with van der Waals surface area (Å²) in [4.78, 5) is 7.85. The molecule has 0 atom stereocenters. The summed E-state index contributed by atoms with van der Waals surface area (Å²) in [5, 5.41) is 3.82. The maximum Gasteiger partial charge on any atom is 0.196 e. The summed E-state index contributed by atoms with van der Waals surface area (Å²) in [6, 6.07) is 1.71. The number of thioether (sulfide) groups is 1. The van der Waals surface area contributed by atoms with Gasteiger partial charge in [-0.3, -0.25) is 5.43 Å². The Balaban J connectivity index is 2.66. The average Bonchev–Trinajstić information content (AvgIpc) is 2.26. The Hall–Kier alpha value is -1.21. The lowest BCUT2D eigenvalue weighted by molar-refractivity contribution is 1.03. The number of hydrazone groups is 1. The van der Waals surface area contributed by atoms with Crippen LogP contribution in [-0.2, 0) is 0 Å². The van der Waals surface area contributed by atoms with Crippen LogP contribution in [0.15, 0.2) is 23.6 Å². The Kier molecular flexibility index (Phi) is 4.27. The minimum Gasteiger partial charge on any atom is -0.379 e. The number of aromatic nitrogens is 2. The molecular weight excluding hydrogens is 218 g/mol. The van der Waals surface area contributed by atoms with Crippen molar-refractivity contribution < 1.29 is 0 Å². The predicted molar refractivity (Wildman–Crippen MR) is 62.0 cm³/mol. The molecule has 7 heteroatoms. The average molecular weight is 227 g/mol. The number of nitrogens with one attached hydrogen (secondary N) is 1. The Morgan fingerprint density at radius 1 is 1.57 bits per heavy atom. The Bertz CT molecular complexity index is 337. The molecule has 0 unspecified atom stereocenters. The van der Waals surface area contributed by atoms with Gasteiger partial charge in [-0.05, 0) is 12.3 Å². The van der Waals surface area contributed by atoms with Gasteiger partial charge in [-0.25, -0.2) is 9.97 Å². The van der Waals surface area contributed by atoms with E-state index in [0.29, 0.717) is 10.1 Å². The highest BCUT2D eigenvalue weighted by molar-refractivity contribution is 8.22. The number of thiocarbonyl (C=S) groups is 1. The molecule has 0 saturated carbocycles. The van der Waals surface area contributed by atoms with Crippen LogP contribution in [-0.4, -0.2) is 26.4 Å². The van der Waals surface area contributed by atoms with Crippen LogP contribution in [0.1, 0.15) is 5.82 Å².